The van der Waals surface area contributed by atoms with Gasteiger partial charge in [-0.1, -0.05) is 0 Å². The van der Waals surface area contributed by atoms with Crippen LogP contribution in [0.1, 0.15) is 37.5 Å². The molecule has 174 valence electrons. The maximum Gasteiger partial charge on any atom is 0.264 e. The summed E-state index contributed by atoms with van der Waals surface area (Å²) in [7, 11) is 3.12. The quantitative estimate of drug-likeness (QED) is 0.341. The lowest BCUT2D eigenvalue weighted by atomic mass is 9.91. The van der Waals surface area contributed by atoms with E-state index >= 15 is 0 Å². The van der Waals surface area contributed by atoms with Crippen molar-refractivity contribution in [2.45, 2.75) is 37.6 Å². The van der Waals surface area contributed by atoms with Gasteiger partial charge in [-0.15, -0.1) is 0 Å². The lowest BCUT2D eigenvalue weighted by Crippen LogP contribution is -2.26. The zero-order valence-corrected chi connectivity index (χ0v) is 18.7. The molecule has 1 amide bonds. The van der Waals surface area contributed by atoms with Gasteiger partial charge >= 0.3 is 0 Å². The molecule has 4 heterocycles. The molecule has 0 aliphatic heterocycles. The van der Waals surface area contributed by atoms with Crippen molar-refractivity contribution >= 4 is 34.1 Å². The van der Waals surface area contributed by atoms with E-state index in [-0.39, 0.29) is 24.5 Å². The number of H-pyrrole nitrogens is 1. The number of carbonyl (C=O) groups excluding carboxylic acids is 1. The molecule has 0 bridgehead atoms. The third kappa shape index (κ3) is 3.73. The van der Waals surface area contributed by atoms with Gasteiger partial charge in [0.25, 0.3) is 5.91 Å². The molecule has 1 aliphatic carbocycles. The van der Waals surface area contributed by atoms with Crippen molar-refractivity contribution in [2.24, 2.45) is 0 Å². The van der Waals surface area contributed by atoms with E-state index in [9.17, 15) is 18.8 Å². The van der Waals surface area contributed by atoms with Crippen molar-refractivity contribution in [1.29, 1.82) is 5.26 Å². The van der Waals surface area contributed by atoms with E-state index in [2.05, 4.69) is 9.97 Å². The monoisotopic (exact) mass is 464 g/mol. The highest BCUT2D eigenvalue weighted by molar-refractivity contribution is 6.02. The molecular formula is C24H22F2N6O2. The number of fused-ring (bicyclic) bond motifs is 3. The third-order valence-corrected chi connectivity index (χ3v) is 6.18. The maximum absolute atomic E-state index is 13.9. The van der Waals surface area contributed by atoms with Crippen molar-refractivity contribution in [3.63, 3.8) is 0 Å². The Bertz CT molecular complexity index is 1460. The van der Waals surface area contributed by atoms with Crippen molar-refractivity contribution in [3.05, 3.63) is 41.9 Å². The Morgan fingerprint density at radius 2 is 2.09 bits per heavy atom. The average Bonchev–Trinajstić information content (AvgIpc) is 3.54. The Morgan fingerprint density at radius 3 is 2.79 bits per heavy atom. The first-order valence-electron chi connectivity index (χ1n) is 10.9. The second kappa shape index (κ2) is 8.09. The van der Waals surface area contributed by atoms with Crippen LogP contribution in [0.15, 0.2) is 40.6 Å². The largest absolute Gasteiger partial charge is 0.453 e. The fourth-order valence-electron chi connectivity index (χ4n) is 4.48. The van der Waals surface area contributed by atoms with Gasteiger partial charge in [-0.3, -0.25) is 4.79 Å². The first-order valence-corrected chi connectivity index (χ1v) is 10.9. The molecule has 0 aromatic carbocycles. The van der Waals surface area contributed by atoms with Gasteiger partial charge in [-0.05, 0) is 31.0 Å². The van der Waals surface area contributed by atoms with Crippen molar-refractivity contribution < 1.29 is 18.0 Å². The maximum atomic E-state index is 13.9. The van der Waals surface area contributed by atoms with Crippen LogP contribution in [0.3, 0.4) is 0 Å². The molecule has 1 N–H and O–H groups in total. The summed E-state index contributed by atoms with van der Waals surface area (Å²) in [5, 5.41) is 10.2. The molecule has 1 aliphatic rings. The Morgan fingerprint density at radius 1 is 1.32 bits per heavy atom. The number of nitrogens with zero attached hydrogens (tertiary/aromatic N) is 5. The summed E-state index contributed by atoms with van der Waals surface area (Å²) in [4.78, 5) is 25.7. The van der Waals surface area contributed by atoms with Crippen LogP contribution in [-0.2, 0) is 4.79 Å². The second-order valence-corrected chi connectivity index (χ2v) is 8.70. The van der Waals surface area contributed by atoms with Gasteiger partial charge in [0.05, 0.1) is 11.7 Å². The molecule has 34 heavy (non-hydrogen) atoms. The molecule has 4 aromatic rings. The fraction of sp³-hybridized carbons (Fsp3) is 0.333. The summed E-state index contributed by atoms with van der Waals surface area (Å²) >= 11 is 0. The molecule has 5 rings (SSSR count). The minimum absolute atomic E-state index is 0.0628. The number of rotatable bonds is 4. The SMILES string of the molecule is CN(C)C(=O)/C(C#N)=C/c1ccc(-c2nc3cnc4[nH]ccc4c3n2C2CCC(F)(F)CC2)o1. The van der Waals surface area contributed by atoms with Crippen LogP contribution >= 0.6 is 0 Å². The zero-order valence-electron chi connectivity index (χ0n) is 18.7. The Hall–Kier alpha value is -4.00. The summed E-state index contributed by atoms with van der Waals surface area (Å²) in [6.07, 6.45) is 5.05. The summed E-state index contributed by atoms with van der Waals surface area (Å²) in [6, 6.07) is 6.96. The van der Waals surface area contributed by atoms with Crippen LogP contribution in [0.25, 0.3) is 39.7 Å². The minimum atomic E-state index is -2.66. The summed E-state index contributed by atoms with van der Waals surface area (Å²) in [5.74, 6) is -1.86. The van der Waals surface area contributed by atoms with Crippen molar-refractivity contribution in [3.8, 4) is 17.7 Å². The highest BCUT2D eigenvalue weighted by Crippen LogP contribution is 2.42. The van der Waals surface area contributed by atoms with Crippen LogP contribution in [0.2, 0.25) is 0 Å². The number of nitrogens with one attached hydrogen (secondary N) is 1. The fourth-order valence-corrected chi connectivity index (χ4v) is 4.48. The highest BCUT2D eigenvalue weighted by atomic mass is 19.3. The Kier molecular flexibility index (Phi) is 5.20. The van der Waals surface area contributed by atoms with Gasteiger partial charge in [0.1, 0.15) is 28.6 Å². The lowest BCUT2D eigenvalue weighted by molar-refractivity contribution is -0.124. The van der Waals surface area contributed by atoms with Crippen molar-refractivity contribution in [1.82, 2.24) is 24.4 Å². The van der Waals surface area contributed by atoms with E-state index in [4.69, 9.17) is 9.40 Å². The topological polar surface area (TPSA) is 104 Å². The number of halogens is 2. The van der Waals surface area contributed by atoms with Crippen LogP contribution in [0.5, 0.6) is 0 Å². The molecular weight excluding hydrogens is 442 g/mol. The van der Waals surface area contributed by atoms with Crippen LogP contribution in [0, 0.1) is 11.3 Å². The zero-order chi connectivity index (χ0) is 24.0. The van der Waals surface area contributed by atoms with Gasteiger partial charge in [-0.2, -0.15) is 5.26 Å². The second-order valence-electron chi connectivity index (χ2n) is 8.70. The van der Waals surface area contributed by atoms with E-state index in [0.717, 1.165) is 10.9 Å². The number of pyridine rings is 1. The molecule has 0 radical (unpaired) electrons. The molecule has 10 heteroatoms. The Labute approximate surface area is 193 Å². The van der Waals surface area contributed by atoms with Crippen molar-refractivity contribution in [2.75, 3.05) is 14.1 Å². The molecule has 0 atom stereocenters. The highest BCUT2D eigenvalue weighted by Gasteiger charge is 2.37. The summed E-state index contributed by atoms with van der Waals surface area (Å²) < 4.78 is 35.8. The predicted octanol–water partition coefficient (Wildman–Crippen LogP) is 4.92. The number of amides is 1. The first kappa shape index (κ1) is 21.8. The van der Waals surface area contributed by atoms with Gasteiger partial charge in [0, 0.05) is 50.6 Å². The number of furan rings is 1. The van der Waals surface area contributed by atoms with Gasteiger partial charge in [0.2, 0.25) is 5.92 Å². The van der Waals surface area contributed by atoms with Gasteiger partial charge < -0.3 is 18.9 Å². The molecule has 1 saturated carbocycles. The van der Waals surface area contributed by atoms with E-state index in [1.807, 2.05) is 16.7 Å². The number of carbonyl (C=O) groups is 1. The standard InChI is InChI=1S/C24H22F2N6O2/c1-31(2)23(33)14(12-27)11-16-3-4-19(34-16)22-30-18-13-29-21-17(7-10-28-21)20(18)32(22)15-5-8-24(25,26)9-6-15/h3-4,7,10-11,13,15H,5-6,8-9H2,1-2H3,(H,28,29)/b14-11+. The molecule has 4 aromatic heterocycles. The molecule has 0 spiro atoms. The molecule has 0 saturated heterocycles. The van der Waals surface area contributed by atoms with E-state index < -0.39 is 11.8 Å². The molecule has 1 fully saturated rings. The number of likely N-dealkylation sites (N-methyl/N-ethyl adjacent to an activating group) is 1. The number of hydrogen-bond acceptors (Lipinski definition) is 5. The number of aromatic amines is 1. The van der Waals surface area contributed by atoms with E-state index in [1.54, 1.807) is 38.6 Å². The van der Waals surface area contributed by atoms with E-state index in [0.29, 0.717) is 41.4 Å². The number of hydrogen-bond donors (Lipinski definition) is 1. The molecule has 8 nitrogen and oxygen atoms in total. The van der Waals surface area contributed by atoms with Gasteiger partial charge in [0.15, 0.2) is 11.6 Å². The number of imidazole rings is 1. The number of aromatic nitrogens is 4. The van der Waals surface area contributed by atoms with Crippen LogP contribution in [0.4, 0.5) is 8.78 Å². The molecule has 0 unspecified atom stereocenters. The minimum Gasteiger partial charge on any atom is -0.453 e. The average molecular weight is 464 g/mol. The normalized spacial score (nSPS) is 16.7. The van der Waals surface area contributed by atoms with Crippen LogP contribution < -0.4 is 0 Å². The van der Waals surface area contributed by atoms with Crippen LogP contribution in [-0.4, -0.2) is 50.3 Å². The smallest absolute Gasteiger partial charge is 0.264 e. The first-order chi connectivity index (χ1) is 16.3. The van der Waals surface area contributed by atoms with Gasteiger partial charge in [-0.25, -0.2) is 18.7 Å². The summed E-state index contributed by atoms with van der Waals surface area (Å²) in [5.41, 5.74) is 2.07. The number of nitriles is 1. The third-order valence-electron chi connectivity index (χ3n) is 6.18. The number of alkyl halides is 2. The van der Waals surface area contributed by atoms with E-state index in [1.165, 1.54) is 11.0 Å². The lowest BCUT2D eigenvalue weighted by Gasteiger charge is -2.30. The predicted molar refractivity (Wildman–Crippen MR) is 122 cm³/mol. The Balaban J connectivity index is 1.63. The summed E-state index contributed by atoms with van der Waals surface area (Å²) in [6.45, 7) is 0.